The zero-order valence-corrected chi connectivity index (χ0v) is 8.97. The Balaban J connectivity index is 2.07. The van der Waals surface area contributed by atoms with Crippen LogP contribution in [0.1, 0.15) is 25.3 Å². The molecule has 0 radical (unpaired) electrons. The average molecular weight is 212 g/mol. The van der Waals surface area contributed by atoms with Crippen molar-refractivity contribution in [3.63, 3.8) is 0 Å². The number of aliphatic hydroxyl groups excluding tert-OH is 1. The summed E-state index contributed by atoms with van der Waals surface area (Å²) in [5, 5.41) is 16.4. The Morgan fingerprint density at radius 2 is 2.47 bits per heavy atom. The molecule has 0 spiro atoms. The molecule has 0 bridgehead atoms. The van der Waals surface area contributed by atoms with Crippen molar-refractivity contribution in [1.82, 2.24) is 15.5 Å². The number of aromatic nitrogens is 2. The minimum absolute atomic E-state index is 0.00786. The summed E-state index contributed by atoms with van der Waals surface area (Å²) in [6.07, 6.45) is 0.326. The van der Waals surface area contributed by atoms with Crippen LogP contribution in [0.3, 0.4) is 0 Å². The molecule has 0 aliphatic carbocycles. The van der Waals surface area contributed by atoms with E-state index in [-0.39, 0.29) is 12.1 Å². The average Bonchev–Trinajstić information content (AvgIpc) is 2.84. The first-order valence-electron chi connectivity index (χ1n) is 5.17. The number of anilines is 1. The summed E-state index contributed by atoms with van der Waals surface area (Å²) in [6, 6.07) is -0.00786. The lowest BCUT2D eigenvalue weighted by Crippen LogP contribution is -2.18. The predicted molar refractivity (Wildman–Crippen MR) is 54.6 cm³/mol. The van der Waals surface area contributed by atoms with Gasteiger partial charge in [-0.25, -0.2) is 0 Å². The van der Waals surface area contributed by atoms with Crippen molar-refractivity contribution < 1.29 is 9.63 Å². The molecule has 1 aromatic heterocycles. The minimum Gasteiger partial charge on any atom is -0.392 e. The topological polar surface area (TPSA) is 74.4 Å². The molecule has 1 fully saturated rings. The number of nitrogens with one attached hydrogen (secondary N) is 1. The number of nitrogens with zero attached hydrogens (tertiary/aromatic N) is 3. The molecule has 6 nitrogen and oxygen atoms in total. The fraction of sp³-hybridized carbons (Fsp3) is 0.778. The van der Waals surface area contributed by atoms with Crippen LogP contribution in [0, 0.1) is 0 Å². The van der Waals surface area contributed by atoms with Gasteiger partial charge in [0.05, 0.1) is 12.1 Å². The van der Waals surface area contributed by atoms with Crippen LogP contribution in [0.25, 0.3) is 0 Å². The van der Waals surface area contributed by atoms with Gasteiger partial charge in [0.15, 0.2) is 0 Å². The van der Waals surface area contributed by atoms with Gasteiger partial charge >= 0.3 is 0 Å². The van der Waals surface area contributed by atoms with E-state index in [2.05, 4.69) is 15.5 Å². The van der Waals surface area contributed by atoms with E-state index >= 15 is 0 Å². The number of β-amino-alcohol motifs (C(OH)–C–C–N with tert-alkyl or cyclic N) is 1. The normalized spacial score (nSPS) is 25.8. The summed E-state index contributed by atoms with van der Waals surface area (Å²) in [4.78, 5) is 6.17. The first kappa shape index (κ1) is 10.4. The lowest BCUT2D eigenvalue weighted by atomic mass is 10.2. The van der Waals surface area contributed by atoms with E-state index in [1.165, 1.54) is 0 Å². The molecule has 1 saturated heterocycles. The van der Waals surface area contributed by atoms with Crippen LogP contribution in [0.15, 0.2) is 4.52 Å². The Hall–Kier alpha value is -1.14. The monoisotopic (exact) mass is 212 g/mol. The quantitative estimate of drug-likeness (QED) is 0.730. The minimum atomic E-state index is -0.311. The van der Waals surface area contributed by atoms with Gasteiger partial charge in [0.2, 0.25) is 5.89 Å². The van der Waals surface area contributed by atoms with E-state index in [1.54, 1.807) is 0 Å². The zero-order valence-electron chi connectivity index (χ0n) is 8.97. The molecule has 0 saturated carbocycles. The van der Waals surface area contributed by atoms with Crippen LogP contribution >= 0.6 is 0 Å². The second-order valence-electron chi connectivity index (χ2n) is 3.80. The molecular weight excluding hydrogens is 196 g/mol. The summed E-state index contributed by atoms with van der Waals surface area (Å²) in [5.74, 6) is 1.15. The Bertz CT molecular complexity index is 328. The molecule has 1 aliphatic heterocycles. The van der Waals surface area contributed by atoms with Gasteiger partial charge in [-0.15, -0.1) is 0 Å². The third-order valence-electron chi connectivity index (χ3n) is 2.65. The second kappa shape index (κ2) is 4.16. The number of rotatable bonds is 3. The molecule has 6 heteroatoms. The molecule has 2 rings (SSSR count). The molecule has 0 unspecified atom stereocenters. The lowest BCUT2D eigenvalue weighted by Gasteiger charge is -2.09. The Morgan fingerprint density at radius 3 is 3.07 bits per heavy atom. The van der Waals surface area contributed by atoms with Gasteiger partial charge in [0.1, 0.15) is 0 Å². The first-order chi connectivity index (χ1) is 7.20. The number of hydrogen-bond acceptors (Lipinski definition) is 6. The fourth-order valence-corrected chi connectivity index (χ4v) is 1.57. The van der Waals surface area contributed by atoms with E-state index in [0.717, 1.165) is 6.54 Å². The molecule has 2 N–H and O–H groups in total. The van der Waals surface area contributed by atoms with E-state index in [9.17, 15) is 5.11 Å². The van der Waals surface area contributed by atoms with Gasteiger partial charge in [-0.2, -0.15) is 4.98 Å². The van der Waals surface area contributed by atoms with Gasteiger partial charge in [-0.05, 0) is 18.5 Å². The van der Waals surface area contributed by atoms with E-state index in [1.807, 2.05) is 18.9 Å². The van der Waals surface area contributed by atoms with Crippen LogP contribution in [0.2, 0.25) is 0 Å². The van der Waals surface area contributed by atoms with Crippen LogP contribution in [0.5, 0.6) is 0 Å². The SMILES string of the molecule is CCN(C)c1noc([C@H]2C[C@@H](O)CN2)n1. The molecule has 15 heavy (non-hydrogen) atoms. The van der Waals surface area contributed by atoms with Crippen molar-refractivity contribution in [2.45, 2.75) is 25.5 Å². The molecule has 2 heterocycles. The maximum atomic E-state index is 9.36. The second-order valence-corrected chi connectivity index (χ2v) is 3.80. The Labute approximate surface area is 88.3 Å². The fourth-order valence-electron chi connectivity index (χ4n) is 1.57. The largest absolute Gasteiger partial charge is 0.392 e. The summed E-state index contributed by atoms with van der Waals surface area (Å²) in [5.41, 5.74) is 0. The van der Waals surface area contributed by atoms with Gasteiger partial charge in [0, 0.05) is 20.1 Å². The highest BCUT2D eigenvalue weighted by Crippen LogP contribution is 2.23. The summed E-state index contributed by atoms with van der Waals surface area (Å²) in [6.45, 7) is 3.44. The highest BCUT2D eigenvalue weighted by molar-refractivity contribution is 5.25. The van der Waals surface area contributed by atoms with Gasteiger partial charge < -0.3 is 19.8 Å². The van der Waals surface area contributed by atoms with Crippen LogP contribution in [0.4, 0.5) is 5.95 Å². The molecule has 1 aromatic rings. The van der Waals surface area contributed by atoms with Crippen molar-refractivity contribution in [2.24, 2.45) is 0 Å². The van der Waals surface area contributed by atoms with Crippen molar-refractivity contribution in [3.05, 3.63) is 5.89 Å². The third kappa shape index (κ3) is 2.10. The van der Waals surface area contributed by atoms with E-state index < -0.39 is 0 Å². The van der Waals surface area contributed by atoms with Crippen molar-refractivity contribution in [2.75, 3.05) is 25.0 Å². The first-order valence-corrected chi connectivity index (χ1v) is 5.17. The summed E-state index contributed by atoms with van der Waals surface area (Å²) >= 11 is 0. The number of aliphatic hydroxyl groups is 1. The molecule has 84 valence electrons. The highest BCUT2D eigenvalue weighted by atomic mass is 16.5. The van der Waals surface area contributed by atoms with Crippen LogP contribution in [-0.2, 0) is 0 Å². The predicted octanol–water partition coefficient (Wildman–Crippen LogP) is -0.0790. The maximum absolute atomic E-state index is 9.36. The maximum Gasteiger partial charge on any atom is 0.265 e. The standard InChI is InChI=1S/C9H16N4O2/c1-3-13(2)9-11-8(15-12-9)7-4-6(14)5-10-7/h6-7,10,14H,3-5H2,1-2H3/t6-,7-/m1/s1. The zero-order chi connectivity index (χ0) is 10.8. The lowest BCUT2D eigenvalue weighted by molar-refractivity contribution is 0.191. The third-order valence-corrected chi connectivity index (χ3v) is 2.65. The molecule has 2 atom stereocenters. The molecule has 0 aromatic carbocycles. The molecular formula is C9H16N4O2. The smallest absolute Gasteiger partial charge is 0.265 e. The van der Waals surface area contributed by atoms with Gasteiger partial charge in [-0.1, -0.05) is 0 Å². The van der Waals surface area contributed by atoms with Crippen molar-refractivity contribution in [1.29, 1.82) is 0 Å². The van der Waals surface area contributed by atoms with Crippen molar-refractivity contribution >= 4 is 5.95 Å². The van der Waals surface area contributed by atoms with E-state index in [0.29, 0.717) is 24.8 Å². The summed E-state index contributed by atoms with van der Waals surface area (Å²) in [7, 11) is 1.91. The number of hydrogen-bond donors (Lipinski definition) is 2. The highest BCUT2D eigenvalue weighted by Gasteiger charge is 2.28. The van der Waals surface area contributed by atoms with Crippen LogP contribution in [-0.4, -0.2) is 41.5 Å². The van der Waals surface area contributed by atoms with Crippen LogP contribution < -0.4 is 10.2 Å². The summed E-state index contributed by atoms with van der Waals surface area (Å²) < 4.78 is 5.14. The van der Waals surface area contributed by atoms with Crippen molar-refractivity contribution in [3.8, 4) is 0 Å². The Kier molecular flexibility index (Phi) is 2.88. The van der Waals surface area contributed by atoms with Gasteiger partial charge in [-0.3, -0.25) is 0 Å². The molecule has 0 amide bonds. The molecule has 1 aliphatic rings. The van der Waals surface area contributed by atoms with E-state index in [4.69, 9.17) is 4.52 Å². The van der Waals surface area contributed by atoms with Gasteiger partial charge in [0.25, 0.3) is 5.95 Å². The Morgan fingerprint density at radius 1 is 1.67 bits per heavy atom.